The molecule has 0 spiro atoms. The van der Waals surface area contributed by atoms with Gasteiger partial charge in [-0.05, 0) is 67.5 Å². The monoisotopic (exact) mass is 339 g/mol. The lowest BCUT2D eigenvalue weighted by molar-refractivity contribution is -0.122. The third kappa shape index (κ3) is 4.62. The van der Waals surface area contributed by atoms with Crippen LogP contribution >= 0.6 is 0 Å². The standard InChI is InChI=1S/C22H29NO2/c1-7-18-10-8-9-15(4)21(18)23-22(24)17(6)25-19-11-12-20(14(2)3)16(5)13-19/h8-14,17H,7H2,1-6H3,(H,23,24). The van der Waals surface area contributed by atoms with E-state index in [9.17, 15) is 4.79 Å². The summed E-state index contributed by atoms with van der Waals surface area (Å²) < 4.78 is 5.87. The van der Waals surface area contributed by atoms with Gasteiger partial charge in [0.05, 0.1) is 0 Å². The van der Waals surface area contributed by atoms with Gasteiger partial charge in [0.15, 0.2) is 6.10 Å². The van der Waals surface area contributed by atoms with E-state index in [1.807, 2.05) is 37.3 Å². The highest BCUT2D eigenvalue weighted by Crippen LogP contribution is 2.25. The summed E-state index contributed by atoms with van der Waals surface area (Å²) in [7, 11) is 0. The minimum atomic E-state index is -0.561. The summed E-state index contributed by atoms with van der Waals surface area (Å²) in [5.41, 5.74) is 5.59. The number of carbonyl (C=O) groups excluding carboxylic acids is 1. The zero-order chi connectivity index (χ0) is 18.6. The van der Waals surface area contributed by atoms with E-state index >= 15 is 0 Å². The van der Waals surface area contributed by atoms with Crippen molar-refractivity contribution in [3.8, 4) is 5.75 Å². The molecule has 0 fully saturated rings. The van der Waals surface area contributed by atoms with E-state index in [0.717, 1.165) is 29.0 Å². The fraction of sp³-hybridized carbons (Fsp3) is 0.409. The number of benzene rings is 2. The Bertz CT molecular complexity index is 750. The molecule has 1 unspecified atom stereocenters. The van der Waals surface area contributed by atoms with Crippen LogP contribution in [0.15, 0.2) is 36.4 Å². The second-order valence-electron chi connectivity index (χ2n) is 6.89. The van der Waals surface area contributed by atoms with Crippen LogP contribution in [0.4, 0.5) is 5.69 Å². The first-order valence-electron chi connectivity index (χ1n) is 9.00. The Hall–Kier alpha value is -2.29. The predicted molar refractivity (Wildman–Crippen MR) is 105 cm³/mol. The molecule has 0 saturated heterocycles. The summed E-state index contributed by atoms with van der Waals surface area (Å²) in [5, 5.41) is 3.03. The highest BCUT2D eigenvalue weighted by molar-refractivity contribution is 5.95. The number of carbonyl (C=O) groups is 1. The Morgan fingerprint density at radius 2 is 1.80 bits per heavy atom. The van der Waals surface area contributed by atoms with Crippen molar-refractivity contribution in [2.24, 2.45) is 0 Å². The van der Waals surface area contributed by atoms with Crippen molar-refractivity contribution in [3.05, 3.63) is 58.7 Å². The van der Waals surface area contributed by atoms with Crippen LogP contribution in [0.2, 0.25) is 0 Å². The van der Waals surface area contributed by atoms with Gasteiger partial charge >= 0.3 is 0 Å². The summed E-state index contributed by atoms with van der Waals surface area (Å²) >= 11 is 0. The summed E-state index contributed by atoms with van der Waals surface area (Å²) in [6, 6.07) is 12.1. The van der Waals surface area contributed by atoms with E-state index in [1.165, 1.54) is 11.1 Å². The fourth-order valence-corrected chi connectivity index (χ4v) is 3.05. The number of aryl methyl sites for hydroxylation is 3. The zero-order valence-electron chi connectivity index (χ0n) is 16.1. The number of amides is 1. The fourth-order valence-electron chi connectivity index (χ4n) is 3.05. The molecule has 2 aromatic rings. The van der Waals surface area contributed by atoms with E-state index < -0.39 is 6.10 Å². The summed E-state index contributed by atoms with van der Waals surface area (Å²) in [4.78, 5) is 12.6. The number of rotatable bonds is 6. The average molecular weight is 339 g/mol. The van der Waals surface area contributed by atoms with Crippen LogP contribution in [-0.2, 0) is 11.2 Å². The van der Waals surface area contributed by atoms with Crippen LogP contribution in [0.3, 0.4) is 0 Å². The molecular weight excluding hydrogens is 310 g/mol. The highest BCUT2D eigenvalue weighted by Gasteiger charge is 2.17. The second-order valence-corrected chi connectivity index (χ2v) is 6.89. The maximum absolute atomic E-state index is 12.6. The van der Waals surface area contributed by atoms with Crippen LogP contribution in [0.5, 0.6) is 5.75 Å². The molecule has 3 nitrogen and oxygen atoms in total. The predicted octanol–water partition coefficient (Wildman–Crippen LogP) is 5.40. The maximum atomic E-state index is 12.6. The van der Waals surface area contributed by atoms with Crippen LogP contribution in [-0.4, -0.2) is 12.0 Å². The molecular formula is C22H29NO2. The molecule has 0 radical (unpaired) electrons. The molecule has 0 aliphatic carbocycles. The summed E-state index contributed by atoms with van der Waals surface area (Å²) in [6.45, 7) is 12.3. The van der Waals surface area contributed by atoms with Gasteiger partial charge < -0.3 is 10.1 Å². The molecule has 0 aliphatic rings. The van der Waals surface area contributed by atoms with Gasteiger partial charge in [-0.25, -0.2) is 0 Å². The molecule has 0 aromatic heterocycles. The molecule has 1 N–H and O–H groups in total. The van der Waals surface area contributed by atoms with Gasteiger partial charge in [0.2, 0.25) is 0 Å². The Labute approximate surface area is 151 Å². The van der Waals surface area contributed by atoms with E-state index in [4.69, 9.17) is 4.74 Å². The number of anilines is 1. The summed E-state index contributed by atoms with van der Waals surface area (Å²) in [5.74, 6) is 1.07. The average Bonchev–Trinajstić information content (AvgIpc) is 2.56. The lowest BCUT2D eigenvalue weighted by Gasteiger charge is -2.19. The first kappa shape index (κ1) is 19.0. The quantitative estimate of drug-likeness (QED) is 0.765. The number of nitrogens with one attached hydrogen (secondary N) is 1. The number of para-hydroxylation sites is 1. The second kappa shape index (κ2) is 8.19. The maximum Gasteiger partial charge on any atom is 0.265 e. The van der Waals surface area contributed by atoms with Crippen LogP contribution in [0.25, 0.3) is 0 Å². The normalized spacial score (nSPS) is 12.1. The first-order chi connectivity index (χ1) is 11.8. The van der Waals surface area contributed by atoms with Gasteiger partial charge in [0, 0.05) is 5.69 Å². The zero-order valence-corrected chi connectivity index (χ0v) is 16.1. The van der Waals surface area contributed by atoms with Crippen molar-refractivity contribution in [1.29, 1.82) is 0 Å². The van der Waals surface area contributed by atoms with Crippen molar-refractivity contribution < 1.29 is 9.53 Å². The number of hydrogen-bond acceptors (Lipinski definition) is 2. The minimum Gasteiger partial charge on any atom is -0.481 e. The molecule has 2 rings (SSSR count). The molecule has 0 bridgehead atoms. The summed E-state index contributed by atoms with van der Waals surface area (Å²) in [6.07, 6.45) is 0.316. The van der Waals surface area contributed by atoms with Gasteiger partial charge in [0.25, 0.3) is 5.91 Å². The van der Waals surface area contributed by atoms with Crippen LogP contribution < -0.4 is 10.1 Å². The van der Waals surface area contributed by atoms with Crippen molar-refractivity contribution >= 4 is 11.6 Å². The SMILES string of the molecule is CCc1cccc(C)c1NC(=O)C(C)Oc1ccc(C(C)C)c(C)c1. The van der Waals surface area contributed by atoms with Gasteiger partial charge in [0.1, 0.15) is 5.75 Å². The van der Waals surface area contributed by atoms with E-state index in [1.54, 1.807) is 6.92 Å². The van der Waals surface area contributed by atoms with Crippen molar-refractivity contribution in [3.63, 3.8) is 0 Å². The van der Waals surface area contributed by atoms with Gasteiger partial charge in [-0.15, -0.1) is 0 Å². The van der Waals surface area contributed by atoms with Gasteiger partial charge in [-0.3, -0.25) is 4.79 Å². The first-order valence-corrected chi connectivity index (χ1v) is 9.00. The van der Waals surface area contributed by atoms with Gasteiger partial charge in [-0.2, -0.15) is 0 Å². The minimum absolute atomic E-state index is 0.130. The smallest absolute Gasteiger partial charge is 0.265 e. The van der Waals surface area contributed by atoms with Crippen LogP contribution in [0, 0.1) is 13.8 Å². The Kier molecular flexibility index (Phi) is 6.24. The third-order valence-corrected chi connectivity index (χ3v) is 4.53. The van der Waals surface area contributed by atoms with E-state index in [-0.39, 0.29) is 5.91 Å². The topological polar surface area (TPSA) is 38.3 Å². The van der Waals surface area contributed by atoms with Crippen molar-refractivity contribution in [1.82, 2.24) is 0 Å². The van der Waals surface area contributed by atoms with Gasteiger partial charge in [-0.1, -0.05) is 45.0 Å². The molecule has 0 aliphatic heterocycles. The highest BCUT2D eigenvalue weighted by atomic mass is 16.5. The lowest BCUT2D eigenvalue weighted by atomic mass is 9.98. The Morgan fingerprint density at radius 3 is 2.40 bits per heavy atom. The Balaban J connectivity index is 2.10. The Morgan fingerprint density at radius 1 is 1.08 bits per heavy atom. The van der Waals surface area contributed by atoms with Crippen molar-refractivity contribution in [2.45, 2.75) is 60.0 Å². The van der Waals surface area contributed by atoms with Crippen LogP contribution in [0.1, 0.15) is 55.9 Å². The number of ether oxygens (including phenoxy) is 1. The van der Waals surface area contributed by atoms with E-state index in [0.29, 0.717) is 5.92 Å². The largest absolute Gasteiger partial charge is 0.481 e. The lowest BCUT2D eigenvalue weighted by Crippen LogP contribution is -2.30. The molecule has 134 valence electrons. The molecule has 1 amide bonds. The molecule has 1 atom stereocenters. The third-order valence-electron chi connectivity index (χ3n) is 4.53. The van der Waals surface area contributed by atoms with Crippen molar-refractivity contribution in [2.75, 3.05) is 5.32 Å². The number of hydrogen-bond donors (Lipinski definition) is 1. The molecule has 2 aromatic carbocycles. The molecule has 3 heteroatoms. The van der Waals surface area contributed by atoms with E-state index in [2.05, 4.69) is 39.1 Å². The molecule has 0 heterocycles. The molecule has 0 saturated carbocycles. The molecule has 25 heavy (non-hydrogen) atoms.